The molecular formula is C17H27NO. The summed E-state index contributed by atoms with van der Waals surface area (Å²) in [6.07, 6.45) is 4.88. The highest BCUT2D eigenvalue weighted by molar-refractivity contribution is 5.38. The average molecular weight is 261 g/mol. The highest BCUT2D eigenvalue weighted by Crippen LogP contribution is 2.36. The maximum atomic E-state index is 9.77. The summed E-state index contributed by atoms with van der Waals surface area (Å²) in [5, 5.41) is 9.77. The Morgan fingerprint density at radius 2 is 2.16 bits per heavy atom. The summed E-state index contributed by atoms with van der Waals surface area (Å²) in [4.78, 5) is 2.59. The predicted molar refractivity (Wildman–Crippen MR) is 80.5 cm³/mol. The lowest BCUT2D eigenvalue weighted by molar-refractivity contribution is 0.162. The van der Waals surface area contributed by atoms with Gasteiger partial charge in [0.05, 0.1) is 0 Å². The van der Waals surface area contributed by atoms with Crippen molar-refractivity contribution in [1.29, 1.82) is 0 Å². The van der Waals surface area contributed by atoms with Gasteiger partial charge in [-0.3, -0.25) is 4.90 Å². The van der Waals surface area contributed by atoms with Crippen LogP contribution >= 0.6 is 0 Å². The number of nitrogens with zero attached hydrogens (tertiary/aromatic N) is 1. The fraction of sp³-hybridized carbons (Fsp3) is 0.647. The Morgan fingerprint density at radius 1 is 1.37 bits per heavy atom. The van der Waals surface area contributed by atoms with Crippen LogP contribution in [-0.4, -0.2) is 23.1 Å². The van der Waals surface area contributed by atoms with E-state index in [0.29, 0.717) is 11.8 Å². The molecule has 1 aromatic rings. The molecule has 0 aliphatic heterocycles. The number of phenolic OH excluding ortho intramolecular Hbond substituents is 1. The predicted octanol–water partition coefficient (Wildman–Crippen LogP) is 4.14. The quantitative estimate of drug-likeness (QED) is 0.861. The largest absolute Gasteiger partial charge is 0.508 e. The van der Waals surface area contributed by atoms with Gasteiger partial charge in [-0.25, -0.2) is 0 Å². The Kier molecular flexibility index (Phi) is 4.87. The SMILES string of the molecule is CCC(C)CN(CC)C1CCCc2ccc(O)cc21. The van der Waals surface area contributed by atoms with Crippen molar-refractivity contribution in [3.8, 4) is 5.75 Å². The summed E-state index contributed by atoms with van der Waals surface area (Å²) in [5.41, 5.74) is 2.79. The molecular weight excluding hydrogens is 234 g/mol. The topological polar surface area (TPSA) is 23.5 Å². The van der Waals surface area contributed by atoms with Crippen molar-refractivity contribution >= 4 is 0 Å². The van der Waals surface area contributed by atoms with Crippen molar-refractivity contribution in [1.82, 2.24) is 4.90 Å². The number of rotatable bonds is 5. The van der Waals surface area contributed by atoms with Gasteiger partial charge < -0.3 is 5.11 Å². The second-order valence-corrected chi connectivity index (χ2v) is 5.89. The fourth-order valence-corrected chi connectivity index (χ4v) is 3.15. The molecule has 19 heavy (non-hydrogen) atoms. The number of aromatic hydroxyl groups is 1. The van der Waals surface area contributed by atoms with Crippen LogP contribution in [0.4, 0.5) is 0 Å². The molecule has 1 aliphatic rings. The van der Waals surface area contributed by atoms with Crippen LogP contribution in [0, 0.1) is 5.92 Å². The molecule has 2 unspecified atom stereocenters. The van der Waals surface area contributed by atoms with Gasteiger partial charge in [-0.15, -0.1) is 0 Å². The molecule has 1 aromatic carbocycles. The third-order valence-corrected chi connectivity index (χ3v) is 4.50. The lowest BCUT2D eigenvalue weighted by atomic mass is 9.86. The van der Waals surface area contributed by atoms with Crippen molar-refractivity contribution in [3.63, 3.8) is 0 Å². The molecule has 106 valence electrons. The van der Waals surface area contributed by atoms with Crippen LogP contribution < -0.4 is 0 Å². The highest BCUT2D eigenvalue weighted by Gasteiger charge is 2.26. The molecule has 1 aliphatic carbocycles. The van der Waals surface area contributed by atoms with Crippen LogP contribution in [0.5, 0.6) is 5.75 Å². The second kappa shape index (κ2) is 6.42. The van der Waals surface area contributed by atoms with Gasteiger partial charge in [-0.05, 0) is 55.0 Å². The van der Waals surface area contributed by atoms with Crippen molar-refractivity contribution < 1.29 is 5.11 Å². The van der Waals surface area contributed by atoms with E-state index >= 15 is 0 Å². The third-order valence-electron chi connectivity index (χ3n) is 4.50. The molecule has 2 nitrogen and oxygen atoms in total. The summed E-state index contributed by atoms with van der Waals surface area (Å²) in [5.74, 6) is 1.15. The van der Waals surface area contributed by atoms with Crippen LogP contribution in [0.1, 0.15) is 57.2 Å². The van der Waals surface area contributed by atoms with E-state index in [1.165, 1.54) is 30.4 Å². The van der Waals surface area contributed by atoms with Crippen molar-refractivity contribution in [2.24, 2.45) is 5.92 Å². The number of phenols is 1. The molecule has 0 saturated heterocycles. The zero-order chi connectivity index (χ0) is 13.8. The minimum Gasteiger partial charge on any atom is -0.508 e. The first kappa shape index (κ1) is 14.4. The summed E-state index contributed by atoms with van der Waals surface area (Å²) < 4.78 is 0. The maximum Gasteiger partial charge on any atom is 0.115 e. The van der Waals surface area contributed by atoms with Crippen molar-refractivity contribution in [2.75, 3.05) is 13.1 Å². The minimum absolute atomic E-state index is 0.408. The summed E-state index contributed by atoms with van der Waals surface area (Å²) >= 11 is 0. The van der Waals surface area contributed by atoms with E-state index in [-0.39, 0.29) is 0 Å². The molecule has 0 bridgehead atoms. The normalized spacial score (nSPS) is 20.3. The lowest BCUT2D eigenvalue weighted by Gasteiger charge is -2.36. The smallest absolute Gasteiger partial charge is 0.115 e. The van der Waals surface area contributed by atoms with E-state index in [1.54, 1.807) is 0 Å². The molecule has 0 fully saturated rings. The molecule has 0 heterocycles. The van der Waals surface area contributed by atoms with Gasteiger partial charge in [-0.1, -0.05) is 33.3 Å². The number of hydrogen-bond donors (Lipinski definition) is 1. The number of fused-ring (bicyclic) bond motifs is 1. The molecule has 0 radical (unpaired) electrons. The molecule has 0 amide bonds. The maximum absolute atomic E-state index is 9.77. The third kappa shape index (κ3) is 3.30. The van der Waals surface area contributed by atoms with Crippen LogP contribution in [0.3, 0.4) is 0 Å². The molecule has 0 spiro atoms. The molecule has 2 heteroatoms. The second-order valence-electron chi connectivity index (χ2n) is 5.89. The van der Waals surface area contributed by atoms with E-state index in [1.807, 2.05) is 12.1 Å². The Morgan fingerprint density at radius 3 is 2.84 bits per heavy atom. The van der Waals surface area contributed by atoms with Gasteiger partial charge in [0.1, 0.15) is 5.75 Å². The summed E-state index contributed by atoms with van der Waals surface area (Å²) in [6.45, 7) is 9.09. The zero-order valence-electron chi connectivity index (χ0n) is 12.5. The number of hydrogen-bond acceptors (Lipinski definition) is 2. The minimum atomic E-state index is 0.408. The Balaban J connectivity index is 2.23. The Bertz CT molecular complexity index is 416. The van der Waals surface area contributed by atoms with Gasteiger partial charge in [0.25, 0.3) is 0 Å². The molecule has 2 atom stereocenters. The first-order valence-electron chi connectivity index (χ1n) is 7.71. The lowest BCUT2D eigenvalue weighted by Crippen LogP contribution is -2.34. The van der Waals surface area contributed by atoms with E-state index < -0.39 is 0 Å². The number of benzene rings is 1. The van der Waals surface area contributed by atoms with Crippen molar-refractivity contribution in [2.45, 2.75) is 52.5 Å². The Labute approximate surface area is 117 Å². The molecule has 1 N–H and O–H groups in total. The standard InChI is InChI=1S/C17H27NO/c1-4-13(3)12-18(5-2)17-8-6-7-14-9-10-15(19)11-16(14)17/h9-11,13,17,19H,4-8,12H2,1-3H3. The van der Waals surface area contributed by atoms with Crippen molar-refractivity contribution in [3.05, 3.63) is 29.3 Å². The van der Waals surface area contributed by atoms with Gasteiger partial charge in [0, 0.05) is 12.6 Å². The summed E-state index contributed by atoms with van der Waals surface area (Å²) in [7, 11) is 0. The van der Waals surface area contributed by atoms with Gasteiger partial charge in [0.2, 0.25) is 0 Å². The summed E-state index contributed by atoms with van der Waals surface area (Å²) in [6, 6.07) is 6.41. The van der Waals surface area contributed by atoms with Crippen LogP contribution in [0.25, 0.3) is 0 Å². The van der Waals surface area contributed by atoms with Gasteiger partial charge >= 0.3 is 0 Å². The first-order chi connectivity index (χ1) is 9.15. The number of aryl methyl sites for hydroxylation is 1. The monoisotopic (exact) mass is 261 g/mol. The average Bonchev–Trinajstić information content (AvgIpc) is 2.44. The Hall–Kier alpha value is -1.02. The molecule has 0 aromatic heterocycles. The van der Waals surface area contributed by atoms with Crippen LogP contribution in [0.15, 0.2) is 18.2 Å². The molecule has 2 rings (SSSR count). The van der Waals surface area contributed by atoms with E-state index in [0.717, 1.165) is 25.4 Å². The molecule has 0 saturated carbocycles. The van der Waals surface area contributed by atoms with Gasteiger partial charge in [-0.2, -0.15) is 0 Å². The van der Waals surface area contributed by atoms with Crippen LogP contribution in [0.2, 0.25) is 0 Å². The van der Waals surface area contributed by atoms with Crippen LogP contribution in [-0.2, 0) is 6.42 Å². The first-order valence-corrected chi connectivity index (χ1v) is 7.71. The zero-order valence-corrected chi connectivity index (χ0v) is 12.5. The van der Waals surface area contributed by atoms with Gasteiger partial charge in [0.15, 0.2) is 0 Å². The van der Waals surface area contributed by atoms with E-state index in [2.05, 4.69) is 31.7 Å². The fourth-order valence-electron chi connectivity index (χ4n) is 3.15. The highest BCUT2D eigenvalue weighted by atomic mass is 16.3. The van der Waals surface area contributed by atoms with E-state index in [9.17, 15) is 5.11 Å². The van der Waals surface area contributed by atoms with E-state index in [4.69, 9.17) is 0 Å².